The fraction of sp³-hybridized carbons (Fsp3) is 0.611. The van der Waals surface area contributed by atoms with Gasteiger partial charge in [0.1, 0.15) is 0 Å². The predicted octanol–water partition coefficient (Wildman–Crippen LogP) is 4.14. The maximum absolute atomic E-state index is 11.4. The molecule has 0 aromatic heterocycles. The number of rotatable bonds is 2. The van der Waals surface area contributed by atoms with Gasteiger partial charge in [-0.25, -0.2) is 0 Å². The Kier molecular flexibility index (Phi) is 2.54. The first kappa shape index (κ1) is 12.5. The van der Waals surface area contributed by atoms with Gasteiger partial charge in [-0.05, 0) is 72.5 Å². The molecule has 2 nitrogen and oxygen atoms in total. The highest BCUT2D eigenvalue weighted by Gasteiger charge is 2.66. The van der Waals surface area contributed by atoms with E-state index in [9.17, 15) is 4.79 Å². The molecule has 3 heteroatoms. The Hall–Kier alpha value is -1.02. The minimum atomic E-state index is 0.131. The molecule has 5 atom stereocenters. The molecule has 1 heterocycles. The predicted molar refractivity (Wildman–Crippen MR) is 83.3 cm³/mol. The van der Waals surface area contributed by atoms with E-state index in [1.165, 1.54) is 30.4 Å². The Morgan fingerprint density at radius 2 is 1.90 bits per heavy atom. The molecule has 21 heavy (non-hydrogen) atoms. The molecule has 1 amide bonds. The average molecular weight is 302 g/mol. The topological polar surface area (TPSA) is 29.1 Å². The van der Waals surface area contributed by atoms with Gasteiger partial charge < -0.3 is 5.32 Å². The SMILES string of the molecule is O=C1CCc2cc(C(Cl)C3C4C5CCC(C5)C43)ccc2N1. The van der Waals surface area contributed by atoms with E-state index >= 15 is 0 Å². The molecular weight excluding hydrogens is 282 g/mol. The van der Waals surface area contributed by atoms with Gasteiger partial charge in [-0.3, -0.25) is 4.79 Å². The van der Waals surface area contributed by atoms with Gasteiger partial charge in [0.15, 0.2) is 0 Å². The maximum atomic E-state index is 11.4. The van der Waals surface area contributed by atoms with Crippen molar-refractivity contribution in [1.29, 1.82) is 0 Å². The largest absolute Gasteiger partial charge is 0.326 e. The van der Waals surface area contributed by atoms with Crippen molar-refractivity contribution in [2.75, 3.05) is 5.32 Å². The van der Waals surface area contributed by atoms with Gasteiger partial charge in [0.2, 0.25) is 5.91 Å². The van der Waals surface area contributed by atoms with Crippen LogP contribution >= 0.6 is 11.6 Å². The zero-order valence-electron chi connectivity index (χ0n) is 12.0. The number of carbonyl (C=O) groups excluding carboxylic acids is 1. The molecule has 3 aliphatic carbocycles. The van der Waals surface area contributed by atoms with Crippen LogP contribution in [0.15, 0.2) is 18.2 Å². The highest BCUT2D eigenvalue weighted by molar-refractivity contribution is 6.21. The van der Waals surface area contributed by atoms with Crippen LogP contribution in [0.4, 0.5) is 5.69 Å². The van der Waals surface area contributed by atoms with E-state index in [1.54, 1.807) is 0 Å². The molecule has 3 fully saturated rings. The molecule has 1 aromatic carbocycles. The molecule has 0 spiro atoms. The van der Waals surface area contributed by atoms with Crippen LogP contribution in [-0.4, -0.2) is 5.91 Å². The van der Waals surface area contributed by atoms with Crippen LogP contribution in [-0.2, 0) is 11.2 Å². The highest BCUT2D eigenvalue weighted by atomic mass is 35.5. The Morgan fingerprint density at radius 1 is 1.14 bits per heavy atom. The van der Waals surface area contributed by atoms with Crippen molar-refractivity contribution in [3.63, 3.8) is 0 Å². The summed E-state index contributed by atoms with van der Waals surface area (Å²) in [7, 11) is 0. The van der Waals surface area contributed by atoms with Crippen LogP contribution in [0.3, 0.4) is 0 Å². The van der Waals surface area contributed by atoms with Crippen molar-refractivity contribution in [3.05, 3.63) is 29.3 Å². The monoisotopic (exact) mass is 301 g/mol. The minimum Gasteiger partial charge on any atom is -0.326 e. The molecule has 4 aliphatic rings. The van der Waals surface area contributed by atoms with Gasteiger partial charge in [0, 0.05) is 12.1 Å². The number of anilines is 1. The van der Waals surface area contributed by atoms with Gasteiger partial charge in [-0.2, -0.15) is 0 Å². The summed E-state index contributed by atoms with van der Waals surface area (Å²) < 4.78 is 0. The van der Waals surface area contributed by atoms with Gasteiger partial charge >= 0.3 is 0 Å². The summed E-state index contributed by atoms with van der Waals surface area (Å²) in [5.74, 6) is 4.63. The third-order valence-electron chi connectivity index (χ3n) is 6.48. The van der Waals surface area contributed by atoms with E-state index in [2.05, 4.69) is 17.4 Å². The first-order chi connectivity index (χ1) is 10.2. The van der Waals surface area contributed by atoms with Crippen molar-refractivity contribution < 1.29 is 4.79 Å². The number of fused-ring (bicyclic) bond motifs is 6. The molecule has 5 unspecified atom stereocenters. The first-order valence-electron chi connectivity index (χ1n) is 8.29. The van der Waals surface area contributed by atoms with Crippen LogP contribution in [0.1, 0.15) is 42.2 Å². The molecule has 2 bridgehead atoms. The Labute approximate surface area is 130 Å². The van der Waals surface area contributed by atoms with Crippen LogP contribution in [0.2, 0.25) is 0 Å². The molecule has 1 N–H and O–H groups in total. The van der Waals surface area contributed by atoms with Gasteiger partial charge in [0.05, 0.1) is 5.38 Å². The number of benzene rings is 1. The van der Waals surface area contributed by atoms with Crippen LogP contribution < -0.4 is 5.32 Å². The second-order valence-corrected chi connectivity index (χ2v) is 7.90. The molecule has 3 saturated carbocycles. The van der Waals surface area contributed by atoms with Crippen LogP contribution in [0.25, 0.3) is 0 Å². The smallest absolute Gasteiger partial charge is 0.224 e. The Balaban J connectivity index is 1.40. The fourth-order valence-electron chi connectivity index (χ4n) is 5.58. The summed E-state index contributed by atoms with van der Waals surface area (Å²) in [6.07, 6.45) is 5.82. The van der Waals surface area contributed by atoms with Crippen LogP contribution in [0, 0.1) is 29.6 Å². The van der Waals surface area contributed by atoms with E-state index in [-0.39, 0.29) is 11.3 Å². The summed E-state index contributed by atoms with van der Waals surface area (Å²) in [6, 6.07) is 6.41. The van der Waals surface area contributed by atoms with Crippen molar-refractivity contribution >= 4 is 23.2 Å². The van der Waals surface area contributed by atoms with Crippen molar-refractivity contribution in [2.45, 2.75) is 37.5 Å². The lowest BCUT2D eigenvalue weighted by molar-refractivity contribution is -0.116. The van der Waals surface area contributed by atoms with Crippen molar-refractivity contribution in [3.8, 4) is 0 Å². The van der Waals surface area contributed by atoms with Gasteiger partial charge in [0.25, 0.3) is 0 Å². The number of hydrogen-bond donors (Lipinski definition) is 1. The highest BCUT2D eigenvalue weighted by Crippen LogP contribution is 2.73. The van der Waals surface area contributed by atoms with Gasteiger partial charge in [-0.1, -0.05) is 12.1 Å². The number of amides is 1. The second-order valence-electron chi connectivity index (χ2n) is 7.43. The summed E-state index contributed by atoms with van der Waals surface area (Å²) in [5.41, 5.74) is 3.51. The van der Waals surface area contributed by atoms with E-state index in [4.69, 9.17) is 11.6 Å². The average Bonchev–Trinajstić information content (AvgIpc) is 2.93. The van der Waals surface area contributed by atoms with E-state index in [1.807, 2.05) is 6.07 Å². The number of carbonyl (C=O) groups is 1. The molecule has 5 rings (SSSR count). The number of aryl methyl sites for hydroxylation is 1. The standard InChI is InChI=1S/C18H20ClNO/c19-18(17-15-10-1-2-11(8-10)16(15)17)12-3-5-13-9(7-12)4-6-14(21)20-13/h3,5,7,10-11,15-18H,1-2,4,6,8H2,(H,20,21). The third kappa shape index (κ3) is 1.75. The van der Waals surface area contributed by atoms with Gasteiger partial charge in [-0.15, -0.1) is 11.6 Å². The lowest BCUT2D eigenvalue weighted by atomic mass is 9.94. The lowest BCUT2D eigenvalue weighted by Gasteiger charge is -2.20. The summed E-state index contributed by atoms with van der Waals surface area (Å²) >= 11 is 6.85. The maximum Gasteiger partial charge on any atom is 0.224 e. The number of halogens is 1. The third-order valence-corrected chi connectivity index (χ3v) is 7.02. The Bertz CT molecular complexity index is 612. The number of nitrogens with one attached hydrogen (secondary N) is 1. The zero-order chi connectivity index (χ0) is 14.1. The first-order valence-corrected chi connectivity index (χ1v) is 8.73. The quantitative estimate of drug-likeness (QED) is 0.817. The molecule has 0 saturated heterocycles. The molecule has 110 valence electrons. The second kappa shape index (κ2) is 4.25. The lowest BCUT2D eigenvalue weighted by Crippen LogP contribution is -2.19. The van der Waals surface area contributed by atoms with E-state index in [0.717, 1.165) is 35.8 Å². The van der Waals surface area contributed by atoms with Crippen molar-refractivity contribution in [1.82, 2.24) is 0 Å². The molecule has 0 radical (unpaired) electrons. The number of alkyl halides is 1. The fourth-order valence-corrected chi connectivity index (χ4v) is 6.05. The number of hydrogen-bond acceptors (Lipinski definition) is 1. The molecular formula is C18H20ClNO. The molecule has 1 aromatic rings. The summed E-state index contributed by atoms with van der Waals surface area (Å²) in [4.78, 5) is 11.4. The summed E-state index contributed by atoms with van der Waals surface area (Å²) in [5, 5.41) is 3.13. The zero-order valence-corrected chi connectivity index (χ0v) is 12.8. The minimum absolute atomic E-state index is 0.131. The molecule has 1 aliphatic heterocycles. The van der Waals surface area contributed by atoms with E-state index in [0.29, 0.717) is 12.3 Å². The normalized spacial score (nSPS) is 40.4. The Morgan fingerprint density at radius 3 is 2.67 bits per heavy atom. The summed E-state index contributed by atoms with van der Waals surface area (Å²) in [6.45, 7) is 0. The van der Waals surface area contributed by atoms with E-state index < -0.39 is 0 Å². The van der Waals surface area contributed by atoms with Crippen molar-refractivity contribution in [2.24, 2.45) is 29.6 Å². The van der Waals surface area contributed by atoms with Crippen LogP contribution in [0.5, 0.6) is 0 Å².